The standard InChI is InChI=1S/C16H17N5O2S/c22-24(23)14-4-2-1-3-13(14)16(20-24)21-9-6-12(7-10-21)19-15-5-8-17-11-18-15/h1-5,8,11-12H,6-7,9-10H2,(H,17,18,19). The zero-order chi connectivity index (χ0) is 16.6. The number of anilines is 1. The topological polar surface area (TPSA) is 87.5 Å². The average molecular weight is 343 g/mol. The van der Waals surface area contributed by atoms with E-state index in [-0.39, 0.29) is 0 Å². The number of hydrogen-bond acceptors (Lipinski definition) is 6. The van der Waals surface area contributed by atoms with Gasteiger partial charge < -0.3 is 10.2 Å². The molecule has 2 aliphatic rings. The summed E-state index contributed by atoms with van der Waals surface area (Å²) in [4.78, 5) is 10.4. The second-order valence-electron chi connectivity index (χ2n) is 5.89. The summed E-state index contributed by atoms with van der Waals surface area (Å²) in [6.45, 7) is 1.51. The van der Waals surface area contributed by atoms with Gasteiger partial charge >= 0.3 is 0 Å². The average Bonchev–Trinajstić information content (AvgIpc) is 2.88. The molecule has 1 fully saturated rings. The number of benzene rings is 1. The van der Waals surface area contributed by atoms with Crippen LogP contribution in [0.25, 0.3) is 0 Å². The molecule has 1 aromatic carbocycles. The first-order valence-corrected chi connectivity index (χ1v) is 9.29. The molecule has 2 aliphatic heterocycles. The molecule has 1 N–H and O–H groups in total. The van der Waals surface area contributed by atoms with Gasteiger partial charge in [0, 0.05) is 30.9 Å². The van der Waals surface area contributed by atoms with Crippen molar-refractivity contribution >= 4 is 21.7 Å². The van der Waals surface area contributed by atoms with Crippen molar-refractivity contribution in [3.63, 3.8) is 0 Å². The summed E-state index contributed by atoms with van der Waals surface area (Å²) in [5.74, 6) is 1.39. The molecule has 0 atom stereocenters. The summed E-state index contributed by atoms with van der Waals surface area (Å²) in [6.07, 6.45) is 5.02. The molecule has 0 spiro atoms. The van der Waals surface area contributed by atoms with E-state index in [1.165, 1.54) is 6.33 Å². The van der Waals surface area contributed by atoms with Gasteiger partial charge in [0.15, 0.2) is 5.84 Å². The fraction of sp³-hybridized carbons (Fsp3) is 0.312. The van der Waals surface area contributed by atoms with E-state index in [4.69, 9.17) is 0 Å². The lowest BCUT2D eigenvalue weighted by molar-refractivity contribution is 0.324. The Bertz CT molecular complexity index is 874. The molecule has 0 radical (unpaired) electrons. The summed E-state index contributed by atoms with van der Waals surface area (Å²) in [7, 11) is -3.55. The molecular formula is C16H17N5O2S. The van der Waals surface area contributed by atoms with Crippen LogP contribution in [0.15, 0.2) is 52.1 Å². The maximum atomic E-state index is 12.2. The molecule has 0 aliphatic carbocycles. The summed E-state index contributed by atoms with van der Waals surface area (Å²) in [6, 6.07) is 9.17. The lowest BCUT2D eigenvalue weighted by Crippen LogP contribution is -2.42. The lowest BCUT2D eigenvalue weighted by Gasteiger charge is -2.33. The first-order chi connectivity index (χ1) is 11.6. The SMILES string of the molecule is O=S1(=O)N=C(N2CCC(Nc3ccncn3)CC2)c2ccccc21. The van der Waals surface area contributed by atoms with Crippen molar-refractivity contribution in [1.82, 2.24) is 14.9 Å². The molecule has 0 saturated carbocycles. The van der Waals surface area contributed by atoms with Gasteiger partial charge in [-0.15, -0.1) is 4.40 Å². The number of rotatable bonds is 2. The van der Waals surface area contributed by atoms with Crippen LogP contribution in [0.1, 0.15) is 18.4 Å². The van der Waals surface area contributed by atoms with Gasteiger partial charge in [0.2, 0.25) is 0 Å². The summed E-state index contributed by atoms with van der Waals surface area (Å²) < 4.78 is 28.3. The van der Waals surface area contributed by atoms with Crippen molar-refractivity contribution < 1.29 is 8.42 Å². The predicted octanol–water partition coefficient (Wildman–Crippen LogP) is 1.50. The molecule has 8 heteroatoms. The third-order valence-electron chi connectivity index (χ3n) is 4.34. The maximum Gasteiger partial charge on any atom is 0.285 e. The van der Waals surface area contributed by atoms with Crippen molar-refractivity contribution in [1.29, 1.82) is 0 Å². The number of likely N-dealkylation sites (tertiary alicyclic amines) is 1. The van der Waals surface area contributed by atoms with Crippen LogP contribution < -0.4 is 5.32 Å². The minimum atomic E-state index is -3.55. The fourth-order valence-corrected chi connectivity index (χ4v) is 4.37. The van der Waals surface area contributed by atoms with E-state index in [2.05, 4.69) is 24.6 Å². The Balaban J connectivity index is 1.47. The minimum Gasteiger partial charge on any atom is -0.367 e. The Morgan fingerprint density at radius 3 is 2.67 bits per heavy atom. The van der Waals surface area contributed by atoms with Gasteiger partial charge in [-0.2, -0.15) is 8.42 Å². The summed E-state index contributed by atoms with van der Waals surface area (Å²) >= 11 is 0. The Kier molecular flexibility index (Phi) is 3.68. The van der Waals surface area contributed by atoms with E-state index < -0.39 is 10.0 Å². The number of sulfonamides is 1. The van der Waals surface area contributed by atoms with Gasteiger partial charge in [-0.25, -0.2) is 9.97 Å². The molecule has 1 aromatic heterocycles. The first kappa shape index (κ1) is 15.1. The highest BCUT2D eigenvalue weighted by atomic mass is 32.2. The van der Waals surface area contributed by atoms with Crippen molar-refractivity contribution in [3.05, 3.63) is 48.4 Å². The monoisotopic (exact) mass is 343 g/mol. The third kappa shape index (κ3) is 2.73. The van der Waals surface area contributed by atoms with Crippen molar-refractivity contribution in [3.8, 4) is 0 Å². The lowest BCUT2D eigenvalue weighted by atomic mass is 10.0. The van der Waals surface area contributed by atoms with E-state index in [0.29, 0.717) is 22.3 Å². The van der Waals surface area contributed by atoms with Crippen molar-refractivity contribution in [2.75, 3.05) is 18.4 Å². The quantitative estimate of drug-likeness (QED) is 0.889. The largest absolute Gasteiger partial charge is 0.367 e. The van der Waals surface area contributed by atoms with Crippen molar-refractivity contribution in [2.24, 2.45) is 4.40 Å². The molecule has 2 aromatic rings. The summed E-state index contributed by atoms with van der Waals surface area (Å²) in [5, 5.41) is 3.39. The molecular weight excluding hydrogens is 326 g/mol. The molecule has 0 amide bonds. The number of hydrogen-bond donors (Lipinski definition) is 1. The second-order valence-corrected chi connectivity index (χ2v) is 7.46. The van der Waals surface area contributed by atoms with Crippen LogP contribution in [0.5, 0.6) is 0 Å². The highest BCUT2D eigenvalue weighted by Gasteiger charge is 2.33. The minimum absolute atomic E-state index is 0.307. The number of fused-ring (bicyclic) bond motifs is 1. The maximum absolute atomic E-state index is 12.2. The molecule has 4 rings (SSSR count). The Hall–Kier alpha value is -2.48. The molecule has 24 heavy (non-hydrogen) atoms. The van der Waals surface area contributed by atoms with Crippen LogP contribution in [0, 0.1) is 0 Å². The van der Waals surface area contributed by atoms with Gasteiger partial charge in [0.05, 0.1) is 0 Å². The Morgan fingerprint density at radius 2 is 1.92 bits per heavy atom. The van der Waals surface area contributed by atoms with Crippen LogP contribution in [0.4, 0.5) is 5.82 Å². The smallest absolute Gasteiger partial charge is 0.285 e. The van der Waals surface area contributed by atoms with Crippen LogP contribution in [-0.4, -0.2) is 48.3 Å². The van der Waals surface area contributed by atoms with E-state index in [9.17, 15) is 8.42 Å². The van der Waals surface area contributed by atoms with Gasteiger partial charge in [-0.3, -0.25) is 0 Å². The van der Waals surface area contributed by atoms with Crippen LogP contribution in [0.2, 0.25) is 0 Å². The number of piperidine rings is 1. The fourth-order valence-electron chi connectivity index (χ4n) is 3.14. The van der Waals surface area contributed by atoms with E-state index >= 15 is 0 Å². The molecule has 3 heterocycles. The van der Waals surface area contributed by atoms with E-state index in [0.717, 1.165) is 31.7 Å². The van der Waals surface area contributed by atoms with Gasteiger partial charge in [0.25, 0.3) is 10.0 Å². The Morgan fingerprint density at radius 1 is 1.12 bits per heavy atom. The molecule has 1 saturated heterocycles. The summed E-state index contributed by atoms with van der Waals surface area (Å²) in [5.41, 5.74) is 0.708. The van der Waals surface area contributed by atoms with Crippen LogP contribution in [0.3, 0.4) is 0 Å². The van der Waals surface area contributed by atoms with Gasteiger partial charge in [-0.05, 0) is 31.0 Å². The normalized spacial score (nSPS) is 19.7. The highest BCUT2D eigenvalue weighted by Crippen LogP contribution is 2.29. The Labute approximate surface area is 140 Å². The molecule has 124 valence electrons. The van der Waals surface area contributed by atoms with Crippen molar-refractivity contribution in [2.45, 2.75) is 23.8 Å². The van der Waals surface area contributed by atoms with Crippen LogP contribution >= 0.6 is 0 Å². The number of aromatic nitrogens is 2. The molecule has 0 unspecified atom stereocenters. The van der Waals surface area contributed by atoms with E-state index in [1.807, 2.05) is 18.2 Å². The number of nitrogens with one attached hydrogen (secondary N) is 1. The van der Waals surface area contributed by atoms with E-state index in [1.54, 1.807) is 18.3 Å². The highest BCUT2D eigenvalue weighted by molar-refractivity contribution is 7.90. The number of amidine groups is 1. The molecule has 7 nitrogen and oxygen atoms in total. The third-order valence-corrected chi connectivity index (χ3v) is 5.67. The van der Waals surface area contributed by atoms with Crippen LogP contribution in [-0.2, 0) is 10.0 Å². The zero-order valence-corrected chi connectivity index (χ0v) is 13.8. The zero-order valence-electron chi connectivity index (χ0n) is 13.0. The van der Waals surface area contributed by atoms with Gasteiger partial charge in [0.1, 0.15) is 17.0 Å². The molecule has 0 bridgehead atoms. The number of nitrogens with zero attached hydrogens (tertiary/aromatic N) is 4. The van der Waals surface area contributed by atoms with Gasteiger partial charge in [-0.1, -0.05) is 12.1 Å². The predicted molar refractivity (Wildman–Crippen MR) is 90.4 cm³/mol. The second kappa shape index (κ2) is 5.86. The first-order valence-electron chi connectivity index (χ1n) is 7.85.